The highest BCUT2D eigenvalue weighted by Gasteiger charge is 2.26. The van der Waals surface area contributed by atoms with Gasteiger partial charge in [-0.3, -0.25) is 9.59 Å². The Hall–Kier alpha value is -3.22. The largest absolute Gasteiger partial charge is 0.360 e. The molecule has 3 aromatic rings. The Balaban J connectivity index is 1.61. The maximum absolute atomic E-state index is 14.2. The summed E-state index contributed by atoms with van der Waals surface area (Å²) in [4.78, 5) is 28.3. The molecule has 144 valence electrons. The Bertz CT molecular complexity index is 1030. The van der Waals surface area contributed by atoms with Crippen molar-refractivity contribution < 1.29 is 18.5 Å². The number of carbonyl (C=O) groups is 2. The first kappa shape index (κ1) is 18.2. The maximum atomic E-state index is 14.2. The number of carbonyl (C=O) groups excluding carboxylic acids is 2. The van der Waals surface area contributed by atoms with Gasteiger partial charge >= 0.3 is 0 Å². The van der Waals surface area contributed by atoms with Crippen LogP contribution in [0.15, 0.2) is 41.1 Å². The smallest absolute Gasteiger partial charge is 0.267 e. The van der Waals surface area contributed by atoms with Gasteiger partial charge in [0.2, 0.25) is 0 Å². The van der Waals surface area contributed by atoms with Crippen molar-refractivity contribution in [2.75, 3.05) is 0 Å². The molecule has 0 aliphatic heterocycles. The quantitative estimate of drug-likeness (QED) is 0.654. The summed E-state index contributed by atoms with van der Waals surface area (Å²) in [5, 5.41) is 6.85. The molecule has 0 unspecified atom stereocenters. The van der Waals surface area contributed by atoms with Gasteiger partial charge in [0, 0.05) is 23.4 Å². The van der Waals surface area contributed by atoms with Crippen LogP contribution >= 0.6 is 0 Å². The summed E-state index contributed by atoms with van der Waals surface area (Å²) in [6.07, 6.45) is 5.66. The minimum atomic E-state index is -0.490. The maximum Gasteiger partial charge on any atom is 0.267 e. The third kappa shape index (κ3) is 3.35. The second kappa shape index (κ2) is 7.42. The summed E-state index contributed by atoms with van der Waals surface area (Å²) in [7, 11) is 0. The average molecular weight is 381 g/mol. The lowest BCUT2D eigenvalue weighted by Crippen LogP contribution is -2.32. The van der Waals surface area contributed by atoms with Crippen molar-refractivity contribution in [2.24, 2.45) is 0 Å². The lowest BCUT2D eigenvalue weighted by molar-refractivity contribution is 0.0933. The molecule has 2 N–H and O–H groups in total. The standard InChI is InChI=1S/C21H20FN3O3/c1-12-18(19(25-28-12)15-8-4-5-9-16(15)22)20(26)13-10-17(23-11-13)21(27)24-14-6-2-3-7-14/h4-5,8-11,14,23H,2-3,6-7H2,1H3,(H,24,27). The SMILES string of the molecule is Cc1onc(-c2ccccc2F)c1C(=O)c1c[nH]c(C(=O)NC2CCCC2)c1. The van der Waals surface area contributed by atoms with Gasteiger partial charge in [-0.1, -0.05) is 30.1 Å². The predicted molar refractivity (Wildman–Crippen MR) is 101 cm³/mol. The van der Waals surface area contributed by atoms with Crippen LogP contribution < -0.4 is 5.32 Å². The molecule has 0 bridgehead atoms. The van der Waals surface area contributed by atoms with Gasteiger partial charge in [-0.05, 0) is 38.0 Å². The predicted octanol–water partition coefficient (Wildman–Crippen LogP) is 4.02. The molecular formula is C21H20FN3O3. The third-order valence-corrected chi connectivity index (χ3v) is 5.10. The minimum absolute atomic E-state index is 0.152. The van der Waals surface area contributed by atoms with E-state index in [4.69, 9.17) is 4.52 Å². The number of hydrogen-bond donors (Lipinski definition) is 2. The number of amides is 1. The number of rotatable bonds is 5. The van der Waals surface area contributed by atoms with E-state index in [2.05, 4.69) is 15.5 Å². The molecule has 0 radical (unpaired) electrons. The molecular weight excluding hydrogens is 361 g/mol. The Morgan fingerprint density at radius 2 is 2.00 bits per heavy atom. The summed E-state index contributed by atoms with van der Waals surface area (Å²) in [5.41, 5.74) is 1.14. The Kier molecular flexibility index (Phi) is 4.81. The summed E-state index contributed by atoms with van der Waals surface area (Å²) >= 11 is 0. The highest BCUT2D eigenvalue weighted by molar-refractivity contribution is 6.13. The molecule has 0 saturated heterocycles. The fourth-order valence-electron chi connectivity index (χ4n) is 3.61. The number of ketones is 1. The van der Waals surface area contributed by atoms with Crippen molar-refractivity contribution in [2.45, 2.75) is 38.6 Å². The number of aromatic amines is 1. The van der Waals surface area contributed by atoms with Crippen LogP contribution in [0.25, 0.3) is 11.3 Å². The topological polar surface area (TPSA) is 88.0 Å². The molecule has 1 amide bonds. The van der Waals surface area contributed by atoms with Crippen LogP contribution in [0.2, 0.25) is 0 Å². The van der Waals surface area contributed by atoms with Crippen LogP contribution in [0.5, 0.6) is 0 Å². The molecule has 2 aromatic heterocycles. The first-order valence-electron chi connectivity index (χ1n) is 9.29. The summed E-state index contributed by atoms with van der Waals surface area (Å²) in [6, 6.07) is 7.76. The molecule has 1 aromatic carbocycles. The zero-order chi connectivity index (χ0) is 19.7. The number of benzene rings is 1. The van der Waals surface area contributed by atoms with E-state index < -0.39 is 5.82 Å². The number of hydrogen-bond acceptors (Lipinski definition) is 4. The Labute approximate surface area is 161 Å². The van der Waals surface area contributed by atoms with Crippen molar-refractivity contribution in [3.63, 3.8) is 0 Å². The molecule has 2 heterocycles. The molecule has 7 heteroatoms. The van der Waals surface area contributed by atoms with E-state index in [0.717, 1.165) is 25.7 Å². The van der Waals surface area contributed by atoms with Crippen molar-refractivity contribution >= 4 is 11.7 Å². The zero-order valence-electron chi connectivity index (χ0n) is 15.4. The lowest BCUT2D eigenvalue weighted by atomic mass is 9.99. The minimum Gasteiger partial charge on any atom is -0.360 e. The summed E-state index contributed by atoms with van der Waals surface area (Å²) < 4.78 is 19.3. The molecule has 0 atom stereocenters. The number of aryl methyl sites for hydroxylation is 1. The molecule has 1 aliphatic rings. The van der Waals surface area contributed by atoms with Crippen molar-refractivity contribution in [1.29, 1.82) is 0 Å². The average Bonchev–Trinajstić information content (AvgIpc) is 3.42. The van der Waals surface area contributed by atoms with Crippen molar-refractivity contribution in [1.82, 2.24) is 15.5 Å². The normalized spacial score (nSPS) is 14.4. The van der Waals surface area contributed by atoms with Gasteiger partial charge in [-0.2, -0.15) is 0 Å². The van der Waals surface area contributed by atoms with E-state index in [9.17, 15) is 14.0 Å². The molecule has 1 fully saturated rings. The van der Waals surface area contributed by atoms with Gasteiger partial charge in [-0.15, -0.1) is 0 Å². The fourth-order valence-corrected chi connectivity index (χ4v) is 3.61. The van der Waals surface area contributed by atoms with E-state index in [1.807, 2.05) is 0 Å². The molecule has 1 saturated carbocycles. The van der Waals surface area contributed by atoms with Crippen LogP contribution in [0.4, 0.5) is 4.39 Å². The molecule has 4 rings (SSSR count). The van der Waals surface area contributed by atoms with Crippen LogP contribution in [0, 0.1) is 12.7 Å². The Morgan fingerprint density at radius 3 is 2.75 bits per heavy atom. The third-order valence-electron chi connectivity index (χ3n) is 5.10. The van der Waals surface area contributed by atoms with Gasteiger partial charge in [0.1, 0.15) is 23.0 Å². The van der Waals surface area contributed by atoms with Crippen LogP contribution in [-0.4, -0.2) is 27.9 Å². The van der Waals surface area contributed by atoms with Crippen LogP contribution in [0.1, 0.15) is 57.9 Å². The number of nitrogens with zero attached hydrogens (tertiary/aromatic N) is 1. The molecule has 28 heavy (non-hydrogen) atoms. The van der Waals surface area contributed by atoms with Gasteiger partial charge in [0.25, 0.3) is 5.91 Å². The van der Waals surface area contributed by atoms with Gasteiger partial charge in [-0.25, -0.2) is 4.39 Å². The Morgan fingerprint density at radius 1 is 1.25 bits per heavy atom. The molecule has 1 aliphatic carbocycles. The van der Waals surface area contributed by atoms with Gasteiger partial charge < -0.3 is 14.8 Å². The highest BCUT2D eigenvalue weighted by Crippen LogP contribution is 2.29. The van der Waals surface area contributed by atoms with Crippen molar-refractivity contribution in [3.05, 3.63) is 64.9 Å². The van der Waals surface area contributed by atoms with Crippen LogP contribution in [-0.2, 0) is 0 Å². The first-order valence-corrected chi connectivity index (χ1v) is 9.29. The molecule has 0 spiro atoms. The second-order valence-electron chi connectivity index (χ2n) is 7.03. The fraction of sp³-hybridized carbons (Fsp3) is 0.286. The lowest BCUT2D eigenvalue weighted by Gasteiger charge is -2.10. The summed E-state index contributed by atoms with van der Waals surface area (Å²) in [5.74, 6) is -0.813. The van der Waals surface area contributed by atoms with E-state index in [-0.39, 0.29) is 34.6 Å². The van der Waals surface area contributed by atoms with Gasteiger partial charge in [0.15, 0.2) is 5.78 Å². The van der Waals surface area contributed by atoms with E-state index in [0.29, 0.717) is 17.0 Å². The number of H-pyrrole nitrogens is 1. The van der Waals surface area contributed by atoms with E-state index in [1.54, 1.807) is 25.1 Å². The number of aromatic nitrogens is 2. The number of nitrogens with one attached hydrogen (secondary N) is 2. The van der Waals surface area contributed by atoms with E-state index in [1.165, 1.54) is 18.3 Å². The first-order chi connectivity index (χ1) is 13.5. The van der Waals surface area contributed by atoms with Crippen LogP contribution in [0.3, 0.4) is 0 Å². The van der Waals surface area contributed by atoms with Crippen molar-refractivity contribution in [3.8, 4) is 11.3 Å². The number of halogens is 1. The monoisotopic (exact) mass is 381 g/mol. The van der Waals surface area contributed by atoms with E-state index >= 15 is 0 Å². The second-order valence-corrected chi connectivity index (χ2v) is 7.03. The van der Waals surface area contributed by atoms with Gasteiger partial charge in [0.05, 0.1) is 5.56 Å². The molecule has 6 nitrogen and oxygen atoms in total. The highest BCUT2D eigenvalue weighted by atomic mass is 19.1. The zero-order valence-corrected chi connectivity index (χ0v) is 15.4. The summed E-state index contributed by atoms with van der Waals surface area (Å²) in [6.45, 7) is 1.60.